The van der Waals surface area contributed by atoms with E-state index in [1.807, 2.05) is 0 Å². The van der Waals surface area contributed by atoms with E-state index in [9.17, 15) is 4.79 Å². The molecule has 1 aromatic rings. The van der Waals surface area contributed by atoms with Crippen molar-refractivity contribution < 1.29 is 4.79 Å². The highest BCUT2D eigenvalue weighted by molar-refractivity contribution is 7.10. The second kappa shape index (κ2) is 6.09. The summed E-state index contributed by atoms with van der Waals surface area (Å²) in [6.45, 7) is 6.59. The predicted octanol–water partition coefficient (Wildman–Crippen LogP) is 3.78. The van der Waals surface area contributed by atoms with Gasteiger partial charge in [-0.1, -0.05) is 26.8 Å². The predicted molar refractivity (Wildman–Crippen MR) is 87.1 cm³/mol. The van der Waals surface area contributed by atoms with Crippen LogP contribution < -0.4 is 5.32 Å². The van der Waals surface area contributed by atoms with Crippen LogP contribution in [0.4, 0.5) is 0 Å². The lowest BCUT2D eigenvalue weighted by Gasteiger charge is -2.36. The van der Waals surface area contributed by atoms with Crippen molar-refractivity contribution in [3.8, 4) is 0 Å². The van der Waals surface area contributed by atoms with Crippen LogP contribution in [0.15, 0.2) is 17.5 Å². The molecule has 1 saturated heterocycles. The molecule has 4 heteroatoms. The van der Waals surface area contributed by atoms with Crippen LogP contribution in [-0.2, 0) is 4.79 Å². The van der Waals surface area contributed by atoms with Crippen molar-refractivity contribution in [1.82, 2.24) is 10.2 Å². The number of rotatable bonds is 3. The Labute approximate surface area is 131 Å². The first-order valence-electron chi connectivity index (χ1n) is 8.19. The number of nitrogens with zero attached hydrogens (tertiary/aromatic N) is 1. The minimum atomic E-state index is -0.0311. The minimum Gasteiger partial charge on any atom is -0.318 e. The quantitative estimate of drug-likeness (QED) is 0.921. The summed E-state index contributed by atoms with van der Waals surface area (Å²) in [5, 5.41) is 5.69. The van der Waals surface area contributed by atoms with Crippen LogP contribution in [0.1, 0.15) is 57.5 Å². The molecule has 1 aliphatic heterocycles. The van der Waals surface area contributed by atoms with E-state index in [2.05, 4.69) is 48.5 Å². The average molecular weight is 306 g/mol. The third kappa shape index (κ3) is 2.88. The lowest BCUT2D eigenvalue weighted by Crippen LogP contribution is -2.42. The lowest BCUT2D eigenvalue weighted by atomic mass is 9.86. The smallest absolute Gasteiger partial charge is 0.241 e. The minimum absolute atomic E-state index is 0.0311. The van der Waals surface area contributed by atoms with Crippen molar-refractivity contribution >= 4 is 17.2 Å². The van der Waals surface area contributed by atoms with E-state index in [-0.39, 0.29) is 12.2 Å². The molecule has 21 heavy (non-hydrogen) atoms. The second-order valence-corrected chi connectivity index (χ2v) is 7.94. The Morgan fingerprint density at radius 3 is 2.57 bits per heavy atom. The molecule has 1 aromatic heterocycles. The molecule has 1 saturated carbocycles. The molecular weight excluding hydrogens is 280 g/mol. The topological polar surface area (TPSA) is 32.3 Å². The van der Waals surface area contributed by atoms with Crippen molar-refractivity contribution in [2.24, 2.45) is 11.8 Å². The Morgan fingerprint density at radius 1 is 1.29 bits per heavy atom. The van der Waals surface area contributed by atoms with Gasteiger partial charge < -0.3 is 4.90 Å². The molecule has 2 heterocycles. The summed E-state index contributed by atoms with van der Waals surface area (Å²) >= 11 is 1.75. The number of carbonyl (C=O) groups excluding carboxylic acids is 1. The molecule has 1 N–H and O–H groups in total. The Balaban J connectivity index is 1.84. The van der Waals surface area contributed by atoms with Crippen LogP contribution in [0, 0.1) is 11.8 Å². The van der Waals surface area contributed by atoms with Crippen LogP contribution in [0.25, 0.3) is 0 Å². The zero-order valence-electron chi connectivity index (χ0n) is 13.2. The van der Waals surface area contributed by atoms with E-state index in [4.69, 9.17) is 0 Å². The third-order valence-electron chi connectivity index (χ3n) is 4.99. The summed E-state index contributed by atoms with van der Waals surface area (Å²) in [4.78, 5) is 16.3. The standard InChI is InChI=1S/C17H26N2OS/c1-11(2)15-17(20)19(13-8-6-12(3)7-9-13)16(18-15)14-5-4-10-21-14/h4-5,10-13,15-16,18H,6-9H2,1-3H3. The summed E-state index contributed by atoms with van der Waals surface area (Å²) in [7, 11) is 0. The van der Waals surface area contributed by atoms with E-state index in [0.29, 0.717) is 17.9 Å². The molecule has 2 fully saturated rings. The van der Waals surface area contributed by atoms with Crippen LogP contribution in [0.2, 0.25) is 0 Å². The summed E-state index contributed by atoms with van der Waals surface area (Å²) in [6, 6.07) is 4.61. The van der Waals surface area contributed by atoms with E-state index >= 15 is 0 Å². The highest BCUT2D eigenvalue weighted by Gasteiger charge is 2.44. The normalized spacial score (nSPS) is 33.9. The summed E-state index contributed by atoms with van der Waals surface area (Å²) in [6.07, 6.45) is 4.89. The van der Waals surface area contributed by atoms with Gasteiger partial charge in [0.25, 0.3) is 0 Å². The number of nitrogens with one attached hydrogen (secondary N) is 1. The van der Waals surface area contributed by atoms with Gasteiger partial charge in [0.1, 0.15) is 6.17 Å². The van der Waals surface area contributed by atoms with Crippen molar-refractivity contribution in [1.29, 1.82) is 0 Å². The van der Waals surface area contributed by atoms with E-state index in [1.54, 1.807) is 11.3 Å². The maximum Gasteiger partial charge on any atom is 0.241 e. The van der Waals surface area contributed by atoms with E-state index in [0.717, 1.165) is 18.8 Å². The Kier molecular flexibility index (Phi) is 4.36. The highest BCUT2D eigenvalue weighted by Crippen LogP contribution is 2.37. The fourth-order valence-electron chi connectivity index (χ4n) is 3.66. The molecule has 2 atom stereocenters. The molecule has 3 nitrogen and oxygen atoms in total. The van der Waals surface area contributed by atoms with Crippen molar-refractivity contribution in [3.63, 3.8) is 0 Å². The van der Waals surface area contributed by atoms with Gasteiger partial charge in [0.05, 0.1) is 6.04 Å². The second-order valence-electron chi connectivity index (χ2n) is 6.97. The monoisotopic (exact) mass is 306 g/mol. The molecule has 1 amide bonds. The van der Waals surface area contributed by atoms with Crippen molar-refractivity contribution in [2.75, 3.05) is 0 Å². The Morgan fingerprint density at radius 2 is 2.00 bits per heavy atom. The molecule has 1 aliphatic carbocycles. The summed E-state index contributed by atoms with van der Waals surface area (Å²) in [5.74, 6) is 1.46. The summed E-state index contributed by atoms with van der Waals surface area (Å²) < 4.78 is 0. The van der Waals surface area contributed by atoms with Crippen LogP contribution in [0.5, 0.6) is 0 Å². The van der Waals surface area contributed by atoms with Gasteiger partial charge in [-0.3, -0.25) is 10.1 Å². The van der Waals surface area contributed by atoms with Gasteiger partial charge in [-0.15, -0.1) is 11.3 Å². The van der Waals surface area contributed by atoms with E-state index in [1.165, 1.54) is 17.7 Å². The number of thiophene rings is 1. The Bertz CT molecular complexity index is 477. The van der Waals surface area contributed by atoms with Crippen molar-refractivity contribution in [2.45, 2.75) is 64.7 Å². The number of carbonyl (C=O) groups is 1. The average Bonchev–Trinajstić information content (AvgIpc) is 3.07. The van der Waals surface area contributed by atoms with Crippen LogP contribution in [-0.4, -0.2) is 22.9 Å². The number of amides is 1. The van der Waals surface area contributed by atoms with Gasteiger partial charge >= 0.3 is 0 Å². The maximum absolute atomic E-state index is 12.9. The molecule has 0 spiro atoms. The Hall–Kier alpha value is -0.870. The zero-order valence-corrected chi connectivity index (χ0v) is 14.0. The van der Waals surface area contributed by atoms with Gasteiger partial charge in [-0.2, -0.15) is 0 Å². The number of hydrogen-bond acceptors (Lipinski definition) is 3. The first kappa shape index (κ1) is 15.0. The van der Waals surface area contributed by atoms with E-state index < -0.39 is 0 Å². The van der Waals surface area contributed by atoms with Crippen LogP contribution in [0.3, 0.4) is 0 Å². The van der Waals surface area contributed by atoms with Crippen LogP contribution >= 0.6 is 11.3 Å². The van der Waals surface area contributed by atoms with Gasteiger partial charge in [-0.05, 0) is 49.0 Å². The molecule has 0 bridgehead atoms. The number of hydrogen-bond donors (Lipinski definition) is 1. The first-order chi connectivity index (χ1) is 10.1. The largest absolute Gasteiger partial charge is 0.318 e. The maximum atomic E-state index is 12.9. The third-order valence-corrected chi connectivity index (χ3v) is 5.92. The molecule has 0 aromatic carbocycles. The highest BCUT2D eigenvalue weighted by atomic mass is 32.1. The molecule has 2 aliphatic rings. The fraction of sp³-hybridized carbons (Fsp3) is 0.706. The molecule has 3 rings (SSSR count). The fourth-order valence-corrected chi connectivity index (χ4v) is 4.45. The van der Waals surface area contributed by atoms with Gasteiger partial charge in [0.2, 0.25) is 5.91 Å². The van der Waals surface area contributed by atoms with Gasteiger partial charge in [0, 0.05) is 10.9 Å². The van der Waals surface area contributed by atoms with Gasteiger partial charge in [-0.25, -0.2) is 0 Å². The zero-order chi connectivity index (χ0) is 15.0. The molecule has 116 valence electrons. The summed E-state index contributed by atoms with van der Waals surface area (Å²) in [5.41, 5.74) is 0. The van der Waals surface area contributed by atoms with Gasteiger partial charge in [0.15, 0.2) is 0 Å². The SMILES string of the molecule is CC1CCC(N2C(=O)C(C(C)C)NC2c2cccs2)CC1. The first-order valence-corrected chi connectivity index (χ1v) is 9.07. The molecule has 0 radical (unpaired) electrons. The molecule has 2 unspecified atom stereocenters. The lowest BCUT2D eigenvalue weighted by molar-refractivity contribution is -0.133. The molecular formula is C17H26N2OS. The van der Waals surface area contributed by atoms with Crippen molar-refractivity contribution in [3.05, 3.63) is 22.4 Å².